The molecule has 0 N–H and O–H groups in total. The van der Waals surface area contributed by atoms with Gasteiger partial charge in [-0.3, -0.25) is 4.79 Å². The molecule has 1 aromatic heterocycles. The number of nitrogens with zero attached hydrogens (tertiary/aromatic N) is 1. The maximum Gasteiger partial charge on any atom is 0.289 e. The summed E-state index contributed by atoms with van der Waals surface area (Å²) in [5, 5.41) is 0.937. The summed E-state index contributed by atoms with van der Waals surface area (Å²) in [6, 6.07) is 9.35. The summed E-state index contributed by atoms with van der Waals surface area (Å²) in [5.41, 5.74) is 0.728. The van der Waals surface area contributed by atoms with Crippen molar-refractivity contribution in [1.82, 2.24) is 4.90 Å². The van der Waals surface area contributed by atoms with Crippen LogP contribution in [0.2, 0.25) is 0 Å². The SMILES string of the molecule is COCC(Br)CN(C)C(=O)c1cc2ccccc2o1. The van der Waals surface area contributed by atoms with E-state index in [0.717, 1.165) is 11.0 Å². The van der Waals surface area contributed by atoms with Crippen LogP contribution in [0.15, 0.2) is 34.7 Å². The van der Waals surface area contributed by atoms with Gasteiger partial charge in [-0.25, -0.2) is 0 Å². The quantitative estimate of drug-likeness (QED) is 0.794. The Bertz CT molecular complexity index is 534. The van der Waals surface area contributed by atoms with E-state index in [1.807, 2.05) is 24.3 Å². The summed E-state index contributed by atoms with van der Waals surface area (Å²) in [7, 11) is 3.38. The molecule has 19 heavy (non-hydrogen) atoms. The number of furan rings is 1. The van der Waals surface area contributed by atoms with E-state index in [0.29, 0.717) is 18.9 Å². The van der Waals surface area contributed by atoms with E-state index in [4.69, 9.17) is 9.15 Å². The highest BCUT2D eigenvalue weighted by molar-refractivity contribution is 9.09. The summed E-state index contributed by atoms with van der Waals surface area (Å²) < 4.78 is 10.6. The molecule has 5 heteroatoms. The molecule has 102 valence electrons. The third kappa shape index (κ3) is 3.36. The largest absolute Gasteiger partial charge is 0.451 e. The molecule has 2 rings (SSSR count). The number of alkyl halides is 1. The Balaban J connectivity index is 2.10. The van der Waals surface area contributed by atoms with E-state index in [-0.39, 0.29) is 10.7 Å². The van der Waals surface area contributed by atoms with Crippen LogP contribution in [0.5, 0.6) is 0 Å². The van der Waals surface area contributed by atoms with Gasteiger partial charge in [-0.1, -0.05) is 34.1 Å². The number of carbonyl (C=O) groups excluding carboxylic acids is 1. The summed E-state index contributed by atoms with van der Waals surface area (Å²) in [6.07, 6.45) is 0. The normalized spacial score (nSPS) is 12.6. The van der Waals surface area contributed by atoms with Gasteiger partial charge in [0.05, 0.1) is 11.4 Å². The van der Waals surface area contributed by atoms with E-state index < -0.39 is 0 Å². The molecule has 1 amide bonds. The van der Waals surface area contributed by atoms with Crippen LogP contribution in [0.3, 0.4) is 0 Å². The first-order valence-electron chi connectivity index (χ1n) is 5.99. The van der Waals surface area contributed by atoms with E-state index in [2.05, 4.69) is 15.9 Å². The fraction of sp³-hybridized carbons (Fsp3) is 0.357. The number of carbonyl (C=O) groups is 1. The molecule has 0 bridgehead atoms. The van der Waals surface area contributed by atoms with Gasteiger partial charge in [0.1, 0.15) is 5.58 Å². The van der Waals surface area contributed by atoms with Crippen molar-refractivity contribution in [2.24, 2.45) is 0 Å². The summed E-state index contributed by atoms with van der Waals surface area (Å²) in [4.78, 5) is 14.0. The molecule has 1 heterocycles. The topological polar surface area (TPSA) is 42.7 Å². The third-order valence-electron chi connectivity index (χ3n) is 2.80. The number of fused-ring (bicyclic) bond motifs is 1. The lowest BCUT2D eigenvalue weighted by atomic mass is 10.2. The minimum Gasteiger partial charge on any atom is -0.451 e. The Kier molecular flexibility index (Phi) is 4.61. The predicted molar refractivity (Wildman–Crippen MR) is 77.8 cm³/mol. The average molecular weight is 326 g/mol. The highest BCUT2D eigenvalue weighted by Gasteiger charge is 2.18. The van der Waals surface area contributed by atoms with Gasteiger partial charge in [0.2, 0.25) is 0 Å². The van der Waals surface area contributed by atoms with Crippen LogP contribution in [0, 0.1) is 0 Å². The summed E-state index contributed by atoms with van der Waals surface area (Å²) in [6.45, 7) is 1.11. The number of ether oxygens (including phenoxy) is 1. The fourth-order valence-corrected chi connectivity index (χ4v) is 2.59. The minimum absolute atomic E-state index is 0.107. The van der Waals surface area contributed by atoms with Gasteiger partial charge in [0.25, 0.3) is 5.91 Å². The Labute approximate surface area is 120 Å². The van der Waals surface area contributed by atoms with E-state index in [1.165, 1.54) is 0 Å². The van der Waals surface area contributed by atoms with Crippen molar-refractivity contribution in [3.63, 3.8) is 0 Å². The Morgan fingerprint density at radius 1 is 1.47 bits per heavy atom. The van der Waals surface area contributed by atoms with Crippen molar-refractivity contribution in [3.8, 4) is 0 Å². The first-order valence-corrected chi connectivity index (χ1v) is 6.90. The molecular weight excluding hydrogens is 310 g/mol. The Hall–Kier alpha value is -1.33. The number of halogens is 1. The number of para-hydroxylation sites is 1. The van der Waals surface area contributed by atoms with E-state index >= 15 is 0 Å². The van der Waals surface area contributed by atoms with E-state index in [1.54, 1.807) is 25.1 Å². The van der Waals surface area contributed by atoms with Crippen molar-refractivity contribution < 1.29 is 13.9 Å². The van der Waals surface area contributed by atoms with Crippen LogP contribution in [0.1, 0.15) is 10.6 Å². The highest BCUT2D eigenvalue weighted by Crippen LogP contribution is 2.20. The average Bonchev–Trinajstić information content (AvgIpc) is 2.81. The number of benzene rings is 1. The van der Waals surface area contributed by atoms with Gasteiger partial charge in [0.15, 0.2) is 5.76 Å². The molecular formula is C14H16BrNO3. The highest BCUT2D eigenvalue weighted by atomic mass is 79.9. The molecule has 0 saturated heterocycles. The second-order valence-corrected chi connectivity index (χ2v) is 5.68. The number of hydrogen-bond acceptors (Lipinski definition) is 3. The van der Waals surface area contributed by atoms with Crippen LogP contribution in [-0.2, 0) is 4.74 Å². The zero-order valence-corrected chi connectivity index (χ0v) is 12.5. The number of amides is 1. The van der Waals surface area contributed by atoms with Gasteiger partial charge in [-0.2, -0.15) is 0 Å². The Morgan fingerprint density at radius 3 is 2.89 bits per heavy atom. The smallest absolute Gasteiger partial charge is 0.289 e. The molecule has 0 fully saturated rings. The lowest BCUT2D eigenvalue weighted by Gasteiger charge is -2.18. The molecule has 0 aliphatic heterocycles. The lowest BCUT2D eigenvalue weighted by Crippen LogP contribution is -2.33. The zero-order chi connectivity index (χ0) is 13.8. The number of hydrogen-bond donors (Lipinski definition) is 0. The van der Waals surface area contributed by atoms with Crippen molar-refractivity contribution in [1.29, 1.82) is 0 Å². The van der Waals surface area contributed by atoms with Crippen LogP contribution in [0.25, 0.3) is 11.0 Å². The minimum atomic E-state index is -0.128. The van der Waals surface area contributed by atoms with Crippen molar-refractivity contribution in [2.75, 3.05) is 27.3 Å². The molecule has 1 aromatic carbocycles. The molecule has 2 aromatic rings. The molecule has 0 radical (unpaired) electrons. The molecule has 1 unspecified atom stereocenters. The lowest BCUT2D eigenvalue weighted by molar-refractivity contribution is 0.0755. The first-order chi connectivity index (χ1) is 9.11. The molecule has 4 nitrogen and oxygen atoms in total. The van der Waals surface area contributed by atoms with Gasteiger partial charge in [-0.15, -0.1) is 0 Å². The predicted octanol–water partition coefficient (Wildman–Crippen LogP) is 2.91. The molecule has 0 aliphatic carbocycles. The molecule has 0 spiro atoms. The maximum absolute atomic E-state index is 12.2. The summed E-state index contributed by atoms with van der Waals surface area (Å²) in [5.74, 6) is 0.234. The summed E-state index contributed by atoms with van der Waals surface area (Å²) >= 11 is 3.46. The van der Waals surface area contributed by atoms with Crippen LogP contribution >= 0.6 is 15.9 Å². The van der Waals surface area contributed by atoms with Gasteiger partial charge >= 0.3 is 0 Å². The molecule has 0 saturated carbocycles. The van der Waals surface area contributed by atoms with Crippen molar-refractivity contribution in [3.05, 3.63) is 36.1 Å². The van der Waals surface area contributed by atoms with Gasteiger partial charge in [0, 0.05) is 26.1 Å². The van der Waals surface area contributed by atoms with Gasteiger partial charge < -0.3 is 14.1 Å². The fourth-order valence-electron chi connectivity index (χ4n) is 1.89. The second kappa shape index (κ2) is 6.21. The van der Waals surface area contributed by atoms with E-state index in [9.17, 15) is 4.79 Å². The molecule has 0 aliphatic rings. The molecule has 1 atom stereocenters. The Morgan fingerprint density at radius 2 is 2.21 bits per heavy atom. The zero-order valence-electron chi connectivity index (χ0n) is 10.9. The van der Waals surface area contributed by atoms with Crippen molar-refractivity contribution >= 4 is 32.8 Å². The second-order valence-electron chi connectivity index (χ2n) is 4.39. The standard InChI is InChI=1S/C14H16BrNO3/c1-16(8-11(15)9-18-2)14(17)13-7-10-5-3-4-6-12(10)19-13/h3-7,11H,8-9H2,1-2H3. The maximum atomic E-state index is 12.2. The van der Waals surface area contributed by atoms with Crippen LogP contribution in [-0.4, -0.2) is 42.9 Å². The third-order valence-corrected chi connectivity index (χ3v) is 3.36. The van der Waals surface area contributed by atoms with Gasteiger partial charge in [-0.05, 0) is 12.1 Å². The number of methoxy groups -OCH3 is 1. The first kappa shape index (κ1) is 14.1. The number of rotatable bonds is 5. The van der Waals surface area contributed by atoms with Crippen LogP contribution < -0.4 is 0 Å². The monoisotopic (exact) mass is 325 g/mol. The van der Waals surface area contributed by atoms with Crippen LogP contribution in [0.4, 0.5) is 0 Å². The van der Waals surface area contributed by atoms with Crippen molar-refractivity contribution in [2.45, 2.75) is 4.83 Å².